The molecule has 13 heteroatoms. The number of hydrogen-bond acceptors (Lipinski definition) is 10. The first-order valence-corrected chi connectivity index (χ1v) is 14.7. The third kappa shape index (κ3) is 4.55. The van der Waals surface area contributed by atoms with E-state index in [1.165, 1.54) is 45.7 Å². The van der Waals surface area contributed by atoms with E-state index in [0.717, 1.165) is 17.6 Å². The molecule has 2 aliphatic carbocycles. The number of fused-ring (bicyclic) bond motifs is 1. The van der Waals surface area contributed by atoms with Crippen LogP contribution in [0.3, 0.4) is 0 Å². The molecule has 0 spiro atoms. The molecule has 2 saturated carbocycles. The summed E-state index contributed by atoms with van der Waals surface area (Å²) in [6, 6.07) is 10.4. The second-order valence-corrected chi connectivity index (χ2v) is 12.5. The van der Waals surface area contributed by atoms with Crippen molar-refractivity contribution in [2.24, 2.45) is 5.84 Å². The van der Waals surface area contributed by atoms with Gasteiger partial charge in [-0.1, -0.05) is 23.8 Å². The number of aromatic nitrogens is 3. The van der Waals surface area contributed by atoms with Gasteiger partial charge in [-0.05, 0) is 67.3 Å². The van der Waals surface area contributed by atoms with Crippen LogP contribution in [0.25, 0.3) is 16.8 Å². The first kappa shape index (κ1) is 29.2. The molecule has 42 heavy (non-hydrogen) atoms. The van der Waals surface area contributed by atoms with Crippen molar-refractivity contribution in [1.29, 1.82) is 0 Å². The minimum absolute atomic E-state index is 0.331. The standard InChI is InChI=1S/C29H33F2N5O5S/c1-16(17-5-9-19(30)10-6-17)13-35(32)22-3-2-4-23(24(22)38)42-27-29(40)25(26(39)28(29,15-37)41-27)36-14-21(33-34-36)18-7-11-20(31)12-8-18/h5-14,22-27,37-40H,2-4,15,32H2,1H3. The highest BCUT2D eigenvalue weighted by Gasteiger charge is 2.85. The first-order valence-electron chi connectivity index (χ1n) is 13.8. The maximum Gasteiger partial charge on any atom is 0.159 e. The van der Waals surface area contributed by atoms with E-state index < -0.39 is 53.4 Å². The lowest BCUT2D eigenvalue weighted by molar-refractivity contribution is -0.444. The zero-order valence-electron chi connectivity index (χ0n) is 22.8. The molecule has 8 atom stereocenters. The Bertz CT molecular complexity index is 1460. The van der Waals surface area contributed by atoms with Crippen LogP contribution < -0.4 is 5.84 Å². The third-order valence-corrected chi connectivity index (χ3v) is 10.4. The second-order valence-electron chi connectivity index (χ2n) is 11.2. The number of halogens is 2. The van der Waals surface area contributed by atoms with Crippen LogP contribution in [0.2, 0.25) is 0 Å². The van der Waals surface area contributed by atoms with Gasteiger partial charge in [-0.15, -0.1) is 16.9 Å². The molecule has 0 bridgehead atoms. The Kier molecular flexibility index (Phi) is 7.63. The van der Waals surface area contributed by atoms with E-state index >= 15 is 0 Å². The van der Waals surface area contributed by atoms with E-state index in [0.29, 0.717) is 24.1 Å². The molecule has 1 aromatic heterocycles. The molecule has 6 rings (SSSR count). The van der Waals surface area contributed by atoms with Crippen LogP contribution >= 0.6 is 11.8 Å². The summed E-state index contributed by atoms with van der Waals surface area (Å²) in [5.41, 5.74) is -1.52. The zero-order valence-corrected chi connectivity index (χ0v) is 23.6. The maximum atomic E-state index is 13.4. The topological polar surface area (TPSA) is 150 Å². The van der Waals surface area contributed by atoms with Gasteiger partial charge in [0.15, 0.2) is 11.2 Å². The fourth-order valence-corrected chi connectivity index (χ4v) is 8.11. The summed E-state index contributed by atoms with van der Waals surface area (Å²) in [7, 11) is 0. The Hall–Kier alpha value is -2.91. The number of ether oxygens (including phenoxy) is 1. The Morgan fingerprint density at radius 2 is 1.81 bits per heavy atom. The van der Waals surface area contributed by atoms with Crippen molar-refractivity contribution in [3.05, 3.63) is 78.1 Å². The Morgan fingerprint density at radius 1 is 1.14 bits per heavy atom. The monoisotopic (exact) mass is 601 g/mol. The lowest BCUT2D eigenvalue weighted by atomic mass is 9.55. The highest BCUT2D eigenvalue weighted by atomic mass is 32.2. The number of rotatable bonds is 8. The summed E-state index contributed by atoms with van der Waals surface area (Å²) in [6.07, 6.45) is 3.18. The third-order valence-electron chi connectivity index (χ3n) is 8.84. The predicted octanol–water partition coefficient (Wildman–Crippen LogP) is 2.21. The molecule has 6 N–H and O–H groups in total. The van der Waals surface area contributed by atoms with Crippen molar-refractivity contribution in [2.45, 2.75) is 72.4 Å². The van der Waals surface area contributed by atoms with E-state index in [-0.39, 0.29) is 11.1 Å². The molecule has 2 aromatic carbocycles. The maximum absolute atomic E-state index is 13.4. The van der Waals surface area contributed by atoms with E-state index in [1.54, 1.807) is 36.7 Å². The molecule has 224 valence electrons. The van der Waals surface area contributed by atoms with Crippen LogP contribution in [0.4, 0.5) is 8.78 Å². The van der Waals surface area contributed by atoms with Crippen LogP contribution in [0.1, 0.15) is 37.8 Å². The molecule has 2 heterocycles. The van der Waals surface area contributed by atoms with Crippen LogP contribution in [0.5, 0.6) is 0 Å². The number of allylic oxidation sites excluding steroid dienone is 1. The van der Waals surface area contributed by atoms with Crippen molar-refractivity contribution in [1.82, 2.24) is 20.0 Å². The molecule has 0 radical (unpaired) electrons. The van der Waals surface area contributed by atoms with Gasteiger partial charge in [0, 0.05) is 17.0 Å². The van der Waals surface area contributed by atoms with Gasteiger partial charge in [-0.25, -0.2) is 19.3 Å². The van der Waals surface area contributed by atoms with E-state index in [9.17, 15) is 29.2 Å². The van der Waals surface area contributed by atoms with Gasteiger partial charge >= 0.3 is 0 Å². The van der Waals surface area contributed by atoms with Crippen molar-refractivity contribution in [3.63, 3.8) is 0 Å². The van der Waals surface area contributed by atoms with E-state index in [2.05, 4.69) is 10.3 Å². The van der Waals surface area contributed by atoms with Crippen LogP contribution in [-0.2, 0) is 4.74 Å². The molecule has 1 saturated heterocycles. The fourth-order valence-electron chi connectivity index (χ4n) is 6.37. The lowest BCUT2D eigenvalue weighted by Crippen LogP contribution is -2.92. The first-order chi connectivity index (χ1) is 20.1. The summed E-state index contributed by atoms with van der Waals surface area (Å²) in [5, 5.41) is 53.7. The van der Waals surface area contributed by atoms with Gasteiger partial charge in [0.05, 0.1) is 24.9 Å². The Morgan fingerprint density at radius 3 is 2.48 bits per heavy atom. The van der Waals surface area contributed by atoms with Gasteiger partial charge in [0.2, 0.25) is 0 Å². The van der Waals surface area contributed by atoms with Gasteiger partial charge in [-0.3, -0.25) is 0 Å². The van der Waals surface area contributed by atoms with Crippen LogP contribution in [-0.4, -0.2) is 87.2 Å². The molecular weight excluding hydrogens is 568 g/mol. The van der Waals surface area contributed by atoms with Crippen molar-refractivity contribution in [2.75, 3.05) is 6.61 Å². The van der Waals surface area contributed by atoms with E-state index in [1.807, 2.05) is 6.92 Å². The molecule has 10 nitrogen and oxygen atoms in total. The zero-order chi connectivity index (χ0) is 29.8. The fraction of sp³-hybridized carbons (Fsp3) is 0.448. The number of benzene rings is 2. The Balaban J connectivity index is 1.18. The summed E-state index contributed by atoms with van der Waals surface area (Å²) in [6.45, 7) is 1.24. The van der Waals surface area contributed by atoms with Gasteiger partial charge in [-0.2, -0.15) is 0 Å². The SMILES string of the molecule is CC(=CN(N)C1CCCC(SC2OC3(CO)C(O)C(n4cc(-c5ccc(F)cc5)nn4)C23O)C1O)c1ccc(F)cc1. The number of nitrogens with zero attached hydrogens (tertiary/aromatic N) is 4. The van der Waals surface area contributed by atoms with Gasteiger partial charge in [0.25, 0.3) is 0 Å². The summed E-state index contributed by atoms with van der Waals surface area (Å²) < 4.78 is 34.0. The van der Waals surface area contributed by atoms with Crippen LogP contribution in [0.15, 0.2) is 60.9 Å². The molecule has 3 fully saturated rings. The number of hydrazine groups is 1. The quantitative estimate of drug-likeness (QED) is 0.192. The van der Waals surface area contributed by atoms with Crippen molar-refractivity contribution >= 4 is 17.3 Å². The normalized spacial score (nSPS) is 34.3. The predicted molar refractivity (Wildman–Crippen MR) is 151 cm³/mol. The van der Waals surface area contributed by atoms with Gasteiger partial charge < -0.3 is 30.2 Å². The summed E-state index contributed by atoms with van der Waals surface area (Å²) in [5.74, 6) is 5.66. The molecule has 0 amide bonds. The minimum atomic E-state index is -1.70. The summed E-state index contributed by atoms with van der Waals surface area (Å²) >= 11 is 1.24. The van der Waals surface area contributed by atoms with Crippen LogP contribution in [0, 0.1) is 11.6 Å². The lowest BCUT2D eigenvalue weighted by Gasteiger charge is -2.72. The highest BCUT2D eigenvalue weighted by molar-refractivity contribution is 8.00. The number of aliphatic hydroxyl groups excluding tert-OH is 3. The second kappa shape index (κ2) is 11.0. The smallest absolute Gasteiger partial charge is 0.159 e. The Labute approximate surface area is 245 Å². The molecule has 3 aromatic rings. The minimum Gasteiger partial charge on any atom is -0.393 e. The van der Waals surface area contributed by atoms with Crippen molar-refractivity contribution < 1.29 is 33.9 Å². The number of hydrogen-bond donors (Lipinski definition) is 5. The molecule has 1 aliphatic heterocycles. The average molecular weight is 602 g/mol. The largest absolute Gasteiger partial charge is 0.393 e. The average Bonchev–Trinajstić information content (AvgIpc) is 3.45. The van der Waals surface area contributed by atoms with E-state index in [4.69, 9.17) is 10.6 Å². The summed E-state index contributed by atoms with van der Waals surface area (Å²) in [4.78, 5) is 0. The number of nitrogens with two attached hydrogens (primary N) is 1. The van der Waals surface area contributed by atoms with Gasteiger partial charge in [0.1, 0.15) is 34.9 Å². The van der Waals surface area contributed by atoms with Crippen molar-refractivity contribution in [3.8, 4) is 11.3 Å². The number of aliphatic hydroxyl groups is 4. The molecule has 3 aliphatic rings. The molecular formula is C29H33F2N5O5S. The molecule has 8 unspecified atom stereocenters. The highest BCUT2D eigenvalue weighted by Crippen LogP contribution is 2.66. The number of thioether (sulfide) groups is 1.